The molecule has 1 aliphatic rings. The molecule has 0 aliphatic carbocycles. The van der Waals surface area contributed by atoms with Crippen molar-refractivity contribution < 1.29 is 9.84 Å². The van der Waals surface area contributed by atoms with Crippen molar-refractivity contribution in [2.24, 2.45) is 0 Å². The van der Waals surface area contributed by atoms with Crippen LogP contribution in [0.5, 0.6) is 0 Å². The molecular weight excluding hydrogens is 278 g/mol. The van der Waals surface area contributed by atoms with E-state index in [1.165, 1.54) is 0 Å². The number of methoxy groups -OCH3 is 1. The second-order valence-corrected chi connectivity index (χ2v) is 5.78. The minimum Gasteiger partial charge on any atom is -0.383 e. The van der Waals surface area contributed by atoms with Crippen LogP contribution < -0.4 is 0 Å². The van der Waals surface area contributed by atoms with Gasteiger partial charge in [0.25, 0.3) is 0 Å². The van der Waals surface area contributed by atoms with E-state index in [1.807, 2.05) is 0 Å². The average Bonchev–Trinajstić information content (AvgIpc) is 2.70. The van der Waals surface area contributed by atoms with Gasteiger partial charge in [0.1, 0.15) is 5.60 Å². The summed E-state index contributed by atoms with van der Waals surface area (Å²) < 4.78 is 6.88. The third kappa shape index (κ3) is 3.34. The number of aliphatic hydroxyl groups is 1. The lowest BCUT2D eigenvalue weighted by Crippen LogP contribution is -2.32. The van der Waals surface area contributed by atoms with E-state index in [0.717, 1.165) is 38.2 Å². The maximum atomic E-state index is 11.1. The van der Waals surface area contributed by atoms with Crippen LogP contribution in [0, 0.1) is 0 Å². The highest BCUT2D eigenvalue weighted by molar-refractivity contribution is 6.31. The van der Waals surface area contributed by atoms with Crippen molar-refractivity contribution >= 4 is 11.6 Å². The average molecular weight is 302 g/mol. The van der Waals surface area contributed by atoms with Crippen LogP contribution in [0.3, 0.4) is 0 Å². The standard InChI is InChI=1S/C14H24ClN3O2/c1-3-17-7-4-5-14(19,6-8-17)13-12(15)11-16-18(13)9-10-20-2/h11,19H,3-10H2,1-2H3. The van der Waals surface area contributed by atoms with Gasteiger partial charge in [-0.25, -0.2) is 0 Å². The summed E-state index contributed by atoms with van der Waals surface area (Å²) in [4.78, 5) is 2.36. The number of halogens is 1. The van der Waals surface area contributed by atoms with E-state index in [9.17, 15) is 5.11 Å². The highest BCUT2D eigenvalue weighted by Crippen LogP contribution is 2.36. The minimum atomic E-state index is -0.884. The van der Waals surface area contributed by atoms with E-state index in [0.29, 0.717) is 24.6 Å². The smallest absolute Gasteiger partial charge is 0.109 e. The quantitative estimate of drug-likeness (QED) is 0.902. The summed E-state index contributed by atoms with van der Waals surface area (Å²) in [6.45, 7) is 6.26. The molecular formula is C14H24ClN3O2. The molecule has 6 heteroatoms. The molecule has 5 nitrogen and oxygen atoms in total. The second-order valence-electron chi connectivity index (χ2n) is 5.38. The summed E-state index contributed by atoms with van der Waals surface area (Å²) in [6, 6.07) is 0. The molecule has 0 amide bonds. The van der Waals surface area contributed by atoms with Crippen LogP contribution in [-0.2, 0) is 16.9 Å². The SMILES string of the molecule is CCN1CCCC(O)(c2c(Cl)cnn2CCOC)CC1. The molecule has 20 heavy (non-hydrogen) atoms. The van der Waals surface area contributed by atoms with E-state index in [-0.39, 0.29) is 0 Å². The molecule has 2 rings (SSSR count). The summed E-state index contributed by atoms with van der Waals surface area (Å²) in [6.07, 6.45) is 4.00. The topological polar surface area (TPSA) is 50.5 Å². The molecule has 1 aromatic heterocycles. The lowest BCUT2D eigenvalue weighted by Gasteiger charge is -2.28. The van der Waals surface area contributed by atoms with E-state index in [4.69, 9.17) is 16.3 Å². The van der Waals surface area contributed by atoms with Crippen LogP contribution in [0.1, 0.15) is 31.9 Å². The largest absolute Gasteiger partial charge is 0.383 e. The minimum absolute atomic E-state index is 0.550. The number of ether oxygens (including phenoxy) is 1. The molecule has 1 atom stereocenters. The number of hydrogen-bond donors (Lipinski definition) is 1. The summed E-state index contributed by atoms with van der Waals surface area (Å²) in [7, 11) is 1.66. The Balaban J connectivity index is 2.22. The number of hydrogen-bond acceptors (Lipinski definition) is 4. The normalized spacial score (nSPS) is 24.8. The Labute approximate surface area is 125 Å². The predicted molar refractivity (Wildman–Crippen MR) is 79.0 cm³/mol. The fraction of sp³-hybridized carbons (Fsp3) is 0.786. The first-order valence-corrected chi connectivity index (χ1v) is 7.64. The third-order valence-corrected chi connectivity index (χ3v) is 4.37. The van der Waals surface area contributed by atoms with Gasteiger partial charge in [0.2, 0.25) is 0 Å². The van der Waals surface area contributed by atoms with Crippen LogP contribution >= 0.6 is 11.6 Å². The van der Waals surface area contributed by atoms with Crippen LogP contribution in [0.15, 0.2) is 6.20 Å². The molecule has 0 saturated carbocycles. The van der Waals surface area contributed by atoms with Gasteiger partial charge in [0, 0.05) is 13.7 Å². The fourth-order valence-electron chi connectivity index (χ4n) is 2.90. The third-order valence-electron chi connectivity index (χ3n) is 4.10. The Morgan fingerprint density at radius 1 is 1.45 bits per heavy atom. The van der Waals surface area contributed by atoms with Crippen LogP contribution in [0.2, 0.25) is 5.02 Å². The van der Waals surface area contributed by atoms with E-state index in [1.54, 1.807) is 18.0 Å². The van der Waals surface area contributed by atoms with Crippen molar-refractivity contribution in [1.82, 2.24) is 14.7 Å². The van der Waals surface area contributed by atoms with Gasteiger partial charge in [0.15, 0.2) is 0 Å². The molecule has 0 radical (unpaired) electrons. The lowest BCUT2D eigenvalue weighted by molar-refractivity contribution is 0.0115. The monoisotopic (exact) mass is 301 g/mol. The van der Waals surface area contributed by atoms with E-state index in [2.05, 4.69) is 16.9 Å². The Bertz CT molecular complexity index is 438. The summed E-state index contributed by atoms with van der Waals surface area (Å²) in [5, 5.41) is 15.9. The lowest BCUT2D eigenvalue weighted by atomic mass is 9.91. The Hall–Kier alpha value is -0.620. The van der Waals surface area contributed by atoms with Crippen molar-refractivity contribution in [1.29, 1.82) is 0 Å². The first-order valence-electron chi connectivity index (χ1n) is 7.26. The fourth-order valence-corrected chi connectivity index (χ4v) is 3.22. The Morgan fingerprint density at radius 3 is 2.95 bits per heavy atom. The van der Waals surface area contributed by atoms with Gasteiger partial charge < -0.3 is 14.7 Å². The highest BCUT2D eigenvalue weighted by Gasteiger charge is 2.36. The second kappa shape index (κ2) is 6.89. The summed E-state index contributed by atoms with van der Waals surface area (Å²) in [5.74, 6) is 0. The van der Waals surface area contributed by atoms with Crippen molar-refractivity contribution in [2.75, 3.05) is 33.4 Å². The zero-order chi connectivity index (χ0) is 14.6. The first-order chi connectivity index (χ1) is 9.60. The van der Waals surface area contributed by atoms with Crippen molar-refractivity contribution in [3.05, 3.63) is 16.9 Å². The van der Waals surface area contributed by atoms with E-state index < -0.39 is 5.60 Å². The maximum absolute atomic E-state index is 11.1. The molecule has 2 heterocycles. The molecule has 1 unspecified atom stereocenters. The van der Waals surface area contributed by atoms with Crippen LogP contribution in [0.4, 0.5) is 0 Å². The Morgan fingerprint density at radius 2 is 2.25 bits per heavy atom. The van der Waals surface area contributed by atoms with Crippen LogP contribution in [-0.4, -0.2) is 53.1 Å². The predicted octanol–water partition coefficient (Wildman–Crippen LogP) is 1.88. The summed E-state index contributed by atoms with van der Waals surface area (Å²) >= 11 is 6.27. The molecule has 0 bridgehead atoms. The molecule has 0 aromatic carbocycles. The van der Waals surface area contributed by atoms with E-state index >= 15 is 0 Å². The zero-order valence-electron chi connectivity index (χ0n) is 12.3. The van der Waals surface area contributed by atoms with Crippen molar-refractivity contribution in [3.8, 4) is 0 Å². The van der Waals surface area contributed by atoms with Gasteiger partial charge in [-0.3, -0.25) is 4.68 Å². The molecule has 1 N–H and O–H groups in total. The molecule has 114 valence electrons. The molecule has 0 spiro atoms. The number of nitrogens with zero attached hydrogens (tertiary/aromatic N) is 3. The number of aromatic nitrogens is 2. The number of likely N-dealkylation sites (tertiary alicyclic amines) is 1. The van der Waals surface area contributed by atoms with Crippen LogP contribution in [0.25, 0.3) is 0 Å². The van der Waals surface area contributed by atoms with Gasteiger partial charge in [-0.1, -0.05) is 18.5 Å². The molecule has 1 fully saturated rings. The van der Waals surface area contributed by atoms with Gasteiger partial charge in [-0.15, -0.1) is 0 Å². The van der Waals surface area contributed by atoms with Crippen molar-refractivity contribution in [3.63, 3.8) is 0 Å². The van der Waals surface area contributed by atoms with Gasteiger partial charge in [0.05, 0.1) is 30.1 Å². The number of rotatable bonds is 5. The van der Waals surface area contributed by atoms with Gasteiger partial charge in [-0.05, 0) is 32.4 Å². The molecule has 1 aromatic rings. The molecule has 1 saturated heterocycles. The Kier molecular flexibility index (Phi) is 5.43. The van der Waals surface area contributed by atoms with Gasteiger partial charge >= 0.3 is 0 Å². The van der Waals surface area contributed by atoms with Gasteiger partial charge in [-0.2, -0.15) is 5.10 Å². The van der Waals surface area contributed by atoms with Crippen molar-refractivity contribution in [2.45, 2.75) is 38.3 Å². The maximum Gasteiger partial charge on any atom is 0.109 e. The molecule has 1 aliphatic heterocycles. The first kappa shape index (κ1) is 15.8. The zero-order valence-corrected chi connectivity index (χ0v) is 13.1. The summed E-state index contributed by atoms with van der Waals surface area (Å²) in [5.41, 5.74) is -0.139. The highest BCUT2D eigenvalue weighted by atomic mass is 35.5.